The molecule has 0 aliphatic rings. The van der Waals surface area contributed by atoms with Gasteiger partial charge in [-0.05, 0) is 35.0 Å². The quantitative estimate of drug-likeness (QED) is 0.803. The van der Waals surface area contributed by atoms with Gasteiger partial charge in [-0.25, -0.2) is 4.39 Å². The summed E-state index contributed by atoms with van der Waals surface area (Å²) in [5.41, 5.74) is -1.02. The van der Waals surface area contributed by atoms with E-state index in [0.29, 0.717) is 12.1 Å². The Hall–Kier alpha value is -0.680. The number of alkyl halides is 2. The van der Waals surface area contributed by atoms with Gasteiger partial charge in [-0.2, -0.15) is 0 Å². The number of benzene rings is 1. The standard InChI is InChI=1S/C14H17ClFNOS/c1-2-17-13(8-15)14(18,9-16)11-4-3-10-5-6-19-12(10)7-11/h3-7,13,17-18H,2,8-9H2,1H3. The van der Waals surface area contributed by atoms with Crippen LogP contribution in [0.15, 0.2) is 29.6 Å². The van der Waals surface area contributed by atoms with E-state index in [0.717, 1.165) is 10.1 Å². The maximum Gasteiger partial charge on any atom is 0.134 e. The summed E-state index contributed by atoms with van der Waals surface area (Å²) in [6.45, 7) is 1.66. The highest BCUT2D eigenvalue weighted by Gasteiger charge is 2.38. The molecule has 5 heteroatoms. The first-order valence-corrected chi connectivity index (χ1v) is 7.62. The van der Waals surface area contributed by atoms with Crippen LogP contribution >= 0.6 is 22.9 Å². The predicted molar refractivity (Wildman–Crippen MR) is 79.9 cm³/mol. The third kappa shape index (κ3) is 2.77. The number of rotatable bonds is 6. The Morgan fingerprint density at radius 2 is 2.26 bits per heavy atom. The van der Waals surface area contributed by atoms with Crippen LogP contribution in [0.2, 0.25) is 0 Å². The van der Waals surface area contributed by atoms with Gasteiger partial charge in [0.05, 0.1) is 6.04 Å². The molecule has 1 aromatic carbocycles. The SMILES string of the molecule is CCNC(CCl)C(O)(CF)c1ccc2ccsc2c1. The fourth-order valence-electron chi connectivity index (χ4n) is 2.19. The van der Waals surface area contributed by atoms with Gasteiger partial charge in [-0.15, -0.1) is 22.9 Å². The molecule has 2 atom stereocenters. The smallest absolute Gasteiger partial charge is 0.134 e. The number of hydrogen-bond donors (Lipinski definition) is 2. The molecule has 0 bridgehead atoms. The number of aliphatic hydroxyl groups is 1. The van der Waals surface area contributed by atoms with Gasteiger partial charge in [-0.3, -0.25) is 0 Å². The first-order chi connectivity index (χ1) is 9.15. The van der Waals surface area contributed by atoms with Crippen LogP contribution in [-0.2, 0) is 5.60 Å². The lowest BCUT2D eigenvalue weighted by atomic mass is 9.88. The minimum Gasteiger partial charge on any atom is -0.381 e. The third-order valence-corrected chi connectivity index (χ3v) is 4.53. The van der Waals surface area contributed by atoms with Crippen molar-refractivity contribution in [2.45, 2.75) is 18.6 Å². The molecule has 0 saturated carbocycles. The molecule has 2 rings (SSSR count). The normalized spacial score (nSPS) is 16.4. The van der Waals surface area contributed by atoms with E-state index in [1.807, 2.05) is 30.5 Å². The lowest BCUT2D eigenvalue weighted by Gasteiger charge is -2.33. The summed E-state index contributed by atoms with van der Waals surface area (Å²) in [6.07, 6.45) is 0. The molecular weight excluding hydrogens is 285 g/mol. The van der Waals surface area contributed by atoms with Gasteiger partial charge in [0.25, 0.3) is 0 Å². The van der Waals surface area contributed by atoms with Gasteiger partial charge in [-0.1, -0.05) is 19.1 Å². The van der Waals surface area contributed by atoms with Crippen molar-refractivity contribution >= 4 is 33.0 Å². The number of halogens is 2. The highest BCUT2D eigenvalue weighted by molar-refractivity contribution is 7.17. The van der Waals surface area contributed by atoms with Crippen molar-refractivity contribution in [1.82, 2.24) is 5.32 Å². The Labute approximate surface area is 121 Å². The minimum absolute atomic E-state index is 0.150. The molecule has 19 heavy (non-hydrogen) atoms. The molecule has 2 aromatic rings. The van der Waals surface area contributed by atoms with E-state index in [9.17, 15) is 9.50 Å². The minimum atomic E-state index is -1.59. The molecule has 2 N–H and O–H groups in total. The van der Waals surface area contributed by atoms with E-state index in [2.05, 4.69) is 5.32 Å². The van der Waals surface area contributed by atoms with Gasteiger partial charge in [0.2, 0.25) is 0 Å². The largest absolute Gasteiger partial charge is 0.381 e. The van der Waals surface area contributed by atoms with E-state index in [4.69, 9.17) is 11.6 Å². The first-order valence-electron chi connectivity index (χ1n) is 6.21. The first kappa shape index (κ1) is 14.7. The molecule has 0 saturated heterocycles. The monoisotopic (exact) mass is 301 g/mol. The van der Waals surface area contributed by atoms with Crippen molar-refractivity contribution < 1.29 is 9.50 Å². The molecule has 104 valence electrons. The Bertz CT molecular complexity index is 547. The molecule has 0 aliphatic carbocycles. The Kier molecular flexibility index (Phi) is 4.79. The highest BCUT2D eigenvalue weighted by Crippen LogP contribution is 2.31. The van der Waals surface area contributed by atoms with Crippen LogP contribution < -0.4 is 5.32 Å². The summed E-state index contributed by atoms with van der Waals surface area (Å²) in [5.74, 6) is 0.150. The molecule has 2 unspecified atom stereocenters. The van der Waals surface area contributed by atoms with Crippen LogP contribution in [0.4, 0.5) is 4.39 Å². The van der Waals surface area contributed by atoms with Crippen LogP contribution in [-0.4, -0.2) is 30.2 Å². The third-order valence-electron chi connectivity index (χ3n) is 3.34. The highest BCUT2D eigenvalue weighted by atomic mass is 35.5. The van der Waals surface area contributed by atoms with E-state index < -0.39 is 18.3 Å². The molecule has 0 amide bonds. The number of likely N-dealkylation sites (N-methyl/N-ethyl adjacent to an activating group) is 1. The van der Waals surface area contributed by atoms with Gasteiger partial charge >= 0.3 is 0 Å². The van der Waals surface area contributed by atoms with Crippen molar-refractivity contribution in [3.63, 3.8) is 0 Å². The van der Waals surface area contributed by atoms with Crippen molar-refractivity contribution in [3.8, 4) is 0 Å². The predicted octanol–water partition coefficient (Wildman–Crippen LogP) is 3.28. The lowest BCUT2D eigenvalue weighted by Crippen LogP contribution is -2.51. The maximum atomic E-state index is 13.5. The maximum absolute atomic E-state index is 13.5. The van der Waals surface area contributed by atoms with Crippen LogP contribution in [0.5, 0.6) is 0 Å². The Balaban J connectivity index is 2.43. The molecular formula is C14H17ClFNOS. The average molecular weight is 302 g/mol. The zero-order chi connectivity index (χ0) is 13.9. The fraction of sp³-hybridized carbons (Fsp3) is 0.429. The topological polar surface area (TPSA) is 32.3 Å². The summed E-state index contributed by atoms with van der Waals surface area (Å²) in [5, 5.41) is 16.8. The van der Waals surface area contributed by atoms with Crippen molar-refractivity contribution in [3.05, 3.63) is 35.2 Å². The molecule has 2 nitrogen and oxygen atoms in total. The fourth-order valence-corrected chi connectivity index (χ4v) is 3.39. The summed E-state index contributed by atoms with van der Waals surface area (Å²) in [7, 11) is 0. The summed E-state index contributed by atoms with van der Waals surface area (Å²) >= 11 is 7.44. The van der Waals surface area contributed by atoms with E-state index >= 15 is 0 Å². The second-order valence-electron chi connectivity index (χ2n) is 4.50. The number of nitrogens with one attached hydrogen (secondary N) is 1. The molecule has 0 fully saturated rings. The second kappa shape index (κ2) is 6.18. The van der Waals surface area contributed by atoms with Gasteiger partial charge in [0, 0.05) is 10.6 Å². The van der Waals surface area contributed by atoms with Crippen LogP contribution in [0.3, 0.4) is 0 Å². The molecule has 0 spiro atoms. The number of hydrogen-bond acceptors (Lipinski definition) is 3. The summed E-state index contributed by atoms with van der Waals surface area (Å²) < 4.78 is 14.5. The van der Waals surface area contributed by atoms with Crippen LogP contribution in [0.25, 0.3) is 10.1 Å². The van der Waals surface area contributed by atoms with Crippen molar-refractivity contribution in [2.24, 2.45) is 0 Å². The molecule has 0 aliphatic heterocycles. The van der Waals surface area contributed by atoms with E-state index in [1.54, 1.807) is 17.4 Å². The number of thiophene rings is 1. The van der Waals surface area contributed by atoms with Crippen LogP contribution in [0, 0.1) is 0 Å². The lowest BCUT2D eigenvalue weighted by molar-refractivity contribution is -0.0178. The summed E-state index contributed by atoms with van der Waals surface area (Å²) in [6, 6.07) is 7.00. The molecule has 0 radical (unpaired) electrons. The zero-order valence-corrected chi connectivity index (χ0v) is 12.3. The van der Waals surface area contributed by atoms with Crippen LogP contribution in [0.1, 0.15) is 12.5 Å². The van der Waals surface area contributed by atoms with Gasteiger partial charge < -0.3 is 10.4 Å². The molecule has 1 aromatic heterocycles. The number of fused-ring (bicyclic) bond motifs is 1. The van der Waals surface area contributed by atoms with E-state index in [-0.39, 0.29) is 5.88 Å². The second-order valence-corrected chi connectivity index (χ2v) is 5.75. The summed E-state index contributed by atoms with van der Waals surface area (Å²) in [4.78, 5) is 0. The zero-order valence-electron chi connectivity index (χ0n) is 10.7. The van der Waals surface area contributed by atoms with E-state index in [1.165, 1.54) is 0 Å². The Morgan fingerprint density at radius 1 is 1.47 bits per heavy atom. The van der Waals surface area contributed by atoms with Gasteiger partial charge in [0.1, 0.15) is 12.3 Å². The average Bonchev–Trinajstić information content (AvgIpc) is 2.91. The van der Waals surface area contributed by atoms with Crippen molar-refractivity contribution in [1.29, 1.82) is 0 Å². The van der Waals surface area contributed by atoms with Gasteiger partial charge in [0.15, 0.2) is 0 Å². The Morgan fingerprint density at radius 3 is 2.89 bits per heavy atom. The van der Waals surface area contributed by atoms with Crippen molar-refractivity contribution in [2.75, 3.05) is 19.1 Å². The molecule has 1 heterocycles.